The Balaban J connectivity index is 2.59. The minimum absolute atomic E-state index is 0.481. The van der Waals surface area contributed by atoms with E-state index in [0.717, 1.165) is 17.1 Å². The molecule has 0 saturated heterocycles. The number of aromatic nitrogens is 2. The fraction of sp³-hybridized carbons (Fsp3) is 0.444. The molecule has 0 atom stereocenters. The first kappa shape index (κ1) is 9.46. The van der Waals surface area contributed by atoms with Crippen molar-refractivity contribution in [1.82, 2.24) is 10.2 Å². The lowest BCUT2D eigenvalue weighted by Crippen LogP contribution is -2.04. The maximum absolute atomic E-state index is 8.32. The molecule has 0 bridgehead atoms. The van der Waals surface area contributed by atoms with Crippen LogP contribution in [0.25, 0.3) is 0 Å². The Labute approximate surface area is 77.6 Å². The summed E-state index contributed by atoms with van der Waals surface area (Å²) in [7, 11) is 0. The summed E-state index contributed by atoms with van der Waals surface area (Å²) in [6.07, 6.45) is 0.481. The monoisotopic (exact) mass is 176 g/mol. The molecule has 0 unspecified atom stereocenters. The van der Waals surface area contributed by atoms with Gasteiger partial charge < -0.3 is 5.32 Å². The second-order valence-electron chi connectivity index (χ2n) is 2.83. The van der Waals surface area contributed by atoms with Gasteiger partial charge in [0.2, 0.25) is 0 Å². The highest BCUT2D eigenvalue weighted by Gasteiger charge is 1.97. The van der Waals surface area contributed by atoms with Gasteiger partial charge in [0.25, 0.3) is 0 Å². The molecule has 1 heterocycles. The van der Waals surface area contributed by atoms with E-state index in [9.17, 15) is 0 Å². The smallest absolute Gasteiger partial charge is 0.148 e. The van der Waals surface area contributed by atoms with Crippen molar-refractivity contribution in [2.45, 2.75) is 20.3 Å². The Morgan fingerprint density at radius 1 is 1.46 bits per heavy atom. The van der Waals surface area contributed by atoms with Crippen molar-refractivity contribution < 1.29 is 0 Å². The average Bonchev–Trinajstić information content (AvgIpc) is 2.12. The van der Waals surface area contributed by atoms with Crippen LogP contribution in [0.4, 0.5) is 5.82 Å². The van der Waals surface area contributed by atoms with Crippen molar-refractivity contribution >= 4 is 5.82 Å². The molecule has 0 aromatic carbocycles. The quantitative estimate of drug-likeness (QED) is 0.707. The van der Waals surface area contributed by atoms with Gasteiger partial charge >= 0.3 is 0 Å². The fourth-order valence-electron chi connectivity index (χ4n) is 0.879. The summed E-state index contributed by atoms with van der Waals surface area (Å²) >= 11 is 0. The highest BCUT2D eigenvalue weighted by molar-refractivity contribution is 5.37. The van der Waals surface area contributed by atoms with Gasteiger partial charge in [0.15, 0.2) is 0 Å². The largest absolute Gasteiger partial charge is 0.368 e. The van der Waals surface area contributed by atoms with E-state index in [-0.39, 0.29) is 0 Å². The van der Waals surface area contributed by atoms with Crippen LogP contribution in [0.3, 0.4) is 0 Å². The first-order valence-electron chi connectivity index (χ1n) is 4.16. The Hall–Kier alpha value is -1.63. The van der Waals surface area contributed by atoms with Crippen LogP contribution in [-0.4, -0.2) is 16.7 Å². The summed E-state index contributed by atoms with van der Waals surface area (Å²) in [5.74, 6) is 0.735. The molecule has 0 spiro atoms. The summed E-state index contributed by atoms with van der Waals surface area (Å²) < 4.78 is 0. The van der Waals surface area contributed by atoms with Gasteiger partial charge in [-0.25, -0.2) is 0 Å². The summed E-state index contributed by atoms with van der Waals surface area (Å²) in [5, 5.41) is 19.2. The maximum Gasteiger partial charge on any atom is 0.148 e. The predicted molar refractivity (Wildman–Crippen MR) is 50.2 cm³/mol. The molecular weight excluding hydrogens is 164 g/mol. The molecule has 1 N–H and O–H groups in total. The molecule has 4 nitrogen and oxygen atoms in total. The van der Waals surface area contributed by atoms with Crippen LogP contribution in [0, 0.1) is 25.2 Å². The summed E-state index contributed by atoms with van der Waals surface area (Å²) in [4.78, 5) is 0. The van der Waals surface area contributed by atoms with Gasteiger partial charge in [-0.1, -0.05) is 0 Å². The minimum atomic E-state index is 0.481. The van der Waals surface area contributed by atoms with Gasteiger partial charge in [-0.15, -0.1) is 5.10 Å². The Bertz CT molecular complexity index is 327. The molecular formula is C9H12N4. The van der Waals surface area contributed by atoms with E-state index in [2.05, 4.69) is 21.6 Å². The van der Waals surface area contributed by atoms with Crippen LogP contribution in [0.15, 0.2) is 6.07 Å². The zero-order chi connectivity index (χ0) is 9.68. The standard InChI is InChI=1S/C9H12N4/c1-7-6-9(11-5-3-4-10)13-12-8(7)2/h6H,3,5H2,1-2H3,(H,11,13). The molecule has 0 fully saturated rings. The van der Waals surface area contributed by atoms with Gasteiger partial charge in [-0.3, -0.25) is 0 Å². The minimum Gasteiger partial charge on any atom is -0.368 e. The maximum atomic E-state index is 8.32. The van der Waals surface area contributed by atoms with Gasteiger partial charge in [0, 0.05) is 6.54 Å². The second-order valence-corrected chi connectivity index (χ2v) is 2.83. The lowest BCUT2D eigenvalue weighted by atomic mass is 10.2. The number of rotatable bonds is 3. The van der Waals surface area contributed by atoms with Crippen molar-refractivity contribution in [1.29, 1.82) is 5.26 Å². The van der Waals surface area contributed by atoms with Gasteiger partial charge in [0.05, 0.1) is 18.2 Å². The predicted octanol–water partition coefficient (Wildman–Crippen LogP) is 1.42. The second kappa shape index (κ2) is 4.41. The van der Waals surface area contributed by atoms with Crippen molar-refractivity contribution in [2.24, 2.45) is 0 Å². The number of nitriles is 1. The van der Waals surface area contributed by atoms with E-state index in [1.54, 1.807) is 0 Å². The topological polar surface area (TPSA) is 61.6 Å². The van der Waals surface area contributed by atoms with Gasteiger partial charge in [0.1, 0.15) is 5.82 Å². The van der Waals surface area contributed by atoms with Crippen molar-refractivity contribution in [3.05, 3.63) is 17.3 Å². The Morgan fingerprint density at radius 2 is 2.23 bits per heavy atom. The molecule has 0 aliphatic rings. The third kappa shape index (κ3) is 2.71. The molecule has 1 aromatic rings. The molecule has 0 aliphatic heterocycles. The van der Waals surface area contributed by atoms with E-state index in [1.807, 2.05) is 19.9 Å². The summed E-state index contributed by atoms with van der Waals surface area (Å²) in [5.41, 5.74) is 2.04. The van der Waals surface area contributed by atoms with E-state index in [1.165, 1.54) is 0 Å². The SMILES string of the molecule is Cc1cc(NCCC#N)nnc1C. The van der Waals surface area contributed by atoms with Crippen LogP contribution in [0.2, 0.25) is 0 Å². The average molecular weight is 176 g/mol. The lowest BCUT2D eigenvalue weighted by Gasteiger charge is -2.03. The molecule has 0 amide bonds. The molecule has 0 aliphatic carbocycles. The van der Waals surface area contributed by atoms with Crippen LogP contribution < -0.4 is 5.32 Å². The third-order valence-electron chi connectivity index (χ3n) is 1.77. The first-order chi connectivity index (χ1) is 6.24. The number of hydrogen-bond donors (Lipinski definition) is 1. The molecule has 1 aromatic heterocycles. The van der Waals surface area contributed by atoms with Crippen molar-refractivity contribution in [3.63, 3.8) is 0 Å². The molecule has 1 rings (SSSR count). The number of hydrogen-bond acceptors (Lipinski definition) is 4. The summed E-state index contributed by atoms with van der Waals surface area (Å²) in [6.45, 7) is 4.52. The Kier molecular flexibility index (Phi) is 3.21. The number of aryl methyl sites for hydroxylation is 2. The fourth-order valence-corrected chi connectivity index (χ4v) is 0.879. The van der Waals surface area contributed by atoms with Crippen LogP contribution in [0.5, 0.6) is 0 Å². The molecule has 4 heteroatoms. The lowest BCUT2D eigenvalue weighted by molar-refractivity contribution is 0.943. The van der Waals surface area contributed by atoms with Crippen LogP contribution in [-0.2, 0) is 0 Å². The molecule has 13 heavy (non-hydrogen) atoms. The number of nitrogens with zero attached hydrogens (tertiary/aromatic N) is 3. The van der Waals surface area contributed by atoms with E-state index >= 15 is 0 Å². The van der Waals surface area contributed by atoms with E-state index < -0.39 is 0 Å². The van der Waals surface area contributed by atoms with Gasteiger partial charge in [-0.05, 0) is 25.5 Å². The molecule has 0 radical (unpaired) electrons. The summed E-state index contributed by atoms with van der Waals surface area (Å²) in [6, 6.07) is 3.98. The van der Waals surface area contributed by atoms with E-state index in [4.69, 9.17) is 5.26 Å². The number of anilines is 1. The zero-order valence-corrected chi connectivity index (χ0v) is 7.83. The Morgan fingerprint density at radius 3 is 2.85 bits per heavy atom. The third-order valence-corrected chi connectivity index (χ3v) is 1.77. The molecule has 0 saturated carbocycles. The highest BCUT2D eigenvalue weighted by atomic mass is 15.2. The first-order valence-corrected chi connectivity index (χ1v) is 4.16. The van der Waals surface area contributed by atoms with Crippen LogP contribution in [0.1, 0.15) is 17.7 Å². The van der Waals surface area contributed by atoms with Crippen molar-refractivity contribution in [2.75, 3.05) is 11.9 Å². The van der Waals surface area contributed by atoms with Crippen molar-refractivity contribution in [3.8, 4) is 6.07 Å². The van der Waals surface area contributed by atoms with Crippen LogP contribution >= 0.6 is 0 Å². The van der Waals surface area contributed by atoms with Gasteiger partial charge in [-0.2, -0.15) is 10.4 Å². The van der Waals surface area contributed by atoms with E-state index in [0.29, 0.717) is 13.0 Å². The normalized spacial score (nSPS) is 9.31. The highest BCUT2D eigenvalue weighted by Crippen LogP contribution is 2.07. The number of nitrogens with one attached hydrogen (secondary N) is 1. The zero-order valence-electron chi connectivity index (χ0n) is 7.83. The molecule has 68 valence electrons.